The van der Waals surface area contributed by atoms with Gasteiger partial charge in [0.05, 0.1) is 21.7 Å². The molecule has 2 aromatic carbocycles. The summed E-state index contributed by atoms with van der Waals surface area (Å²) < 4.78 is 15.4. The minimum absolute atomic E-state index is 0.280. The molecule has 0 saturated carbocycles. The van der Waals surface area contributed by atoms with Crippen molar-refractivity contribution in [1.82, 2.24) is 9.55 Å². The molecule has 3 rings (SSSR count). The van der Waals surface area contributed by atoms with Gasteiger partial charge in [0.15, 0.2) is 0 Å². The topological polar surface area (TPSA) is 43.8 Å². The second-order valence-electron chi connectivity index (χ2n) is 4.51. The monoisotopic (exact) mass is 289 g/mol. The highest BCUT2D eigenvalue weighted by Crippen LogP contribution is 2.33. The van der Waals surface area contributed by atoms with E-state index in [1.165, 1.54) is 12.1 Å². The molecule has 5 heteroatoms. The molecule has 0 unspecified atom stereocenters. The lowest BCUT2D eigenvalue weighted by Gasteiger charge is -2.09. The molecular weight excluding hydrogens is 277 g/mol. The van der Waals surface area contributed by atoms with E-state index in [4.69, 9.17) is 17.3 Å². The molecule has 0 bridgehead atoms. The fourth-order valence-electron chi connectivity index (χ4n) is 2.35. The van der Waals surface area contributed by atoms with Gasteiger partial charge in [-0.3, -0.25) is 0 Å². The van der Waals surface area contributed by atoms with E-state index in [1.807, 2.05) is 23.6 Å². The summed E-state index contributed by atoms with van der Waals surface area (Å²) in [5.74, 6) is 0.422. The largest absolute Gasteiger partial charge is 0.397 e. The molecule has 3 nitrogen and oxygen atoms in total. The summed E-state index contributed by atoms with van der Waals surface area (Å²) in [5.41, 5.74) is 8.77. The summed E-state index contributed by atoms with van der Waals surface area (Å²) >= 11 is 6.06. The van der Waals surface area contributed by atoms with Gasteiger partial charge in [0.25, 0.3) is 0 Å². The molecule has 1 heterocycles. The zero-order valence-corrected chi connectivity index (χ0v) is 11.7. The van der Waals surface area contributed by atoms with Gasteiger partial charge in [-0.25, -0.2) is 9.37 Å². The number of hydrogen-bond donors (Lipinski definition) is 1. The zero-order chi connectivity index (χ0) is 14.3. The molecule has 1 aromatic heterocycles. The third kappa shape index (κ3) is 1.93. The maximum Gasteiger partial charge on any atom is 0.143 e. The fourth-order valence-corrected chi connectivity index (χ4v) is 2.53. The number of fused-ring (bicyclic) bond motifs is 1. The standard InChI is InChI=1S/C15H13ClFN3/c1-2-20-13-8-9(17)6-7-12(13)19-15(20)10-4-3-5-11(16)14(10)18/h3-8H,2,18H2,1H3. The Morgan fingerprint density at radius 2 is 2.10 bits per heavy atom. The van der Waals surface area contributed by atoms with Crippen molar-refractivity contribution in [3.8, 4) is 11.4 Å². The van der Waals surface area contributed by atoms with E-state index in [0.29, 0.717) is 23.1 Å². The minimum Gasteiger partial charge on any atom is -0.397 e. The lowest BCUT2D eigenvalue weighted by atomic mass is 10.1. The van der Waals surface area contributed by atoms with Crippen LogP contribution in [0.3, 0.4) is 0 Å². The first kappa shape index (κ1) is 12.9. The molecule has 0 aliphatic heterocycles. The van der Waals surface area contributed by atoms with Crippen molar-refractivity contribution in [1.29, 1.82) is 0 Å². The SMILES string of the molecule is CCn1c(-c2cccc(Cl)c2N)nc2ccc(F)cc21. The van der Waals surface area contributed by atoms with Gasteiger partial charge in [-0.1, -0.05) is 17.7 Å². The Labute approximate surface area is 120 Å². The lowest BCUT2D eigenvalue weighted by Crippen LogP contribution is -2.00. The van der Waals surface area contributed by atoms with Crippen LogP contribution >= 0.6 is 11.6 Å². The summed E-state index contributed by atoms with van der Waals surface area (Å²) in [4.78, 5) is 4.55. The van der Waals surface area contributed by atoms with Crippen LogP contribution in [0.25, 0.3) is 22.4 Å². The van der Waals surface area contributed by atoms with Gasteiger partial charge in [0.1, 0.15) is 11.6 Å². The number of halogens is 2. The summed E-state index contributed by atoms with van der Waals surface area (Å²) in [6.45, 7) is 2.65. The molecule has 20 heavy (non-hydrogen) atoms. The van der Waals surface area contributed by atoms with Crippen molar-refractivity contribution in [2.75, 3.05) is 5.73 Å². The summed E-state index contributed by atoms with van der Waals surface area (Å²) in [6.07, 6.45) is 0. The highest BCUT2D eigenvalue weighted by atomic mass is 35.5. The Kier molecular flexibility index (Phi) is 3.10. The zero-order valence-electron chi connectivity index (χ0n) is 10.9. The number of aromatic nitrogens is 2. The first-order chi connectivity index (χ1) is 9.61. The van der Waals surface area contributed by atoms with Crippen molar-refractivity contribution in [3.63, 3.8) is 0 Å². The van der Waals surface area contributed by atoms with Crippen molar-refractivity contribution in [3.05, 3.63) is 47.2 Å². The summed E-state index contributed by atoms with van der Waals surface area (Å²) in [6, 6.07) is 9.98. The Morgan fingerprint density at radius 1 is 1.30 bits per heavy atom. The lowest BCUT2D eigenvalue weighted by molar-refractivity contribution is 0.628. The third-order valence-electron chi connectivity index (χ3n) is 3.32. The van der Waals surface area contributed by atoms with E-state index in [1.54, 1.807) is 12.1 Å². The number of nitrogens with two attached hydrogens (primary N) is 1. The number of para-hydroxylation sites is 1. The second kappa shape index (κ2) is 4.80. The van der Waals surface area contributed by atoms with E-state index in [9.17, 15) is 4.39 Å². The van der Waals surface area contributed by atoms with Gasteiger partial charge in [-0.05, 0) is 37.3 Å². The molecule has 0 aliphatic carbocycles. The van der Waals surface area contributed by atoms with Crippen molar-refractivity contribution < 1.29 is 4.39 Å². The van der Waals surface area contributed by atoms with Crippen LogP contribution in [0.4, 0.5) is 10.1 Å². The van der Waals surface area contributed by atoms with E-state index in [2.05, 4.69) is 4.98 Å². The number of benzene rings is 2. The minimum atomic E-state index is -0.280. The van der Waals surface area contributed by atoms with E-state index in [-0.39, 0.29) is 5.82 Å². The number of hydrogen-bond acceptors (Lipinski definition) is 2. The predicted molar refractivity (Wildman–Crippen MR) is 80.2 cm³/mol. The molecule has 3 aromatic rings. The fraction of sp³-hybridized carbons (Fsp3) is 0.133. The van der Waals surface area contributed by atoms with Crippen LogP contribution in [0.15, 0.2) is 36.4 Å². The van der Waals surface area contributed by atoms with Crippen molar-refractivity contribution >= 4 is 28.3 Å². The van der Waals surface area contributed by atoms with Gasteiger partial charge < -0.3 is 10.3 Å². The quantitative estimate of drug-likeness (QED) is 0.722. The molecule has 0 aliphatic rings. The summed E-state index contributed by atoms with van der Waals surface area (Å²) in [5, 5.41) is 0.489. The molecule has 0 radical (unpaired) electrons. The van der Waals surface area contributed by atoms with Crippen LogP contribution in [0.2, 0.25) is 5.02 Å². The Morgan fingerprint density at radius 3 is 2.85 bits per heavy atom. The maximum absolute atomic E-state index is 13.4. The highest BCUT2D eigenvalue weighted by Gasteiger charge is 2.15. The number of nitrogens with zero attached hydrogens (tertiary/aromatic N) is 2. The molecule has 0 spiro atoms. The maximum atomic E-state index is 13.4. The number of rotatable bonds is 2. The average molecular weight is 290 g/mol. The van der Waals surface area contributed by atoms with Crippen LogP contribution in [0, 0.1) is 5.82 Å². The van der Waals surface area contributed by atoms with Gasteiger partial charge in [0, 0.05) is 12.1 Å². The van der Waals surface area contributed by atoms with Crippen LogP contribution in [-0.4, -0.2) is 9.55 Å². The molecule has 0 saturated heterocycles. The molecular formula is C15H13ClFN3. The highest BCUT2D eigenvalue weighted by molar-refractivity contribution is 6.33. The normalized spacial score (nSPS) is 11.2. The Bertz CT molecular complexity index is 795. The number of nitrogen functional groups attached to an aromatic ring is 1. The van der Waals surface area contributed by atoms with E-state index >= 15 is 0 Å². The number of imidazole rings is 1. The molecule has 0 amide bonds. The van der Waals surface area contributed by atoms with Crippen LogP contribution in [-0.2, 0) is 6.54 Å². The van der Waals surface area contributed by atoms with Crippen molar-refractivity contribution in [2.45, 2.75) is 13.5 Å². The molecule has 0 fully saturated rings. The van der Waals surface area contributed by atoms with Crippen molar-refractivity contribution in [2.24, 2.45) is 0 Å². The first-order valence-corrected chi connectivity index (χ1v) is 6.69. The molecule has 102 valence electrons. The average Bonchev–Trinajstić information content (AvgIpc) is 2.79. The van der Waals surface area contributed by atoms with Gasteiger partial charge >= 0.3 is 0 Å². The van der Waals surface area contributed by atoms with Gasteiger partial charge in [0.2, 0.25) is 0 Å². The molecule has 0 atom stereocenters. The second-order valence-corrected chi connectivity index (χ2v) is 4.92. The van der Waals surface area contributed by atoms with Gasteiger partial charge in [-0.2, -0.15) is 0 Å². The van der Waals surface area contributed by atoms with Gasteiger partial charge in [-0.15, -0.1) is 0 Å². The van der Waals surface area contributed by atoms with E-state index < -0.39 is 0 Å². The van der Waals surface area contributed by atoms with Crippen LogP contribution in [0.5, 0.6) is 0 Å². The van der Waals surface area contributed by atoms with Crippen LogP contribution < -0.4 is 5.73 Å². The third-order valence-corrected chi connectivity index (χ3v) is 3.65. The summed E-state index contributed by atoms with van der Waals surface area (Å²) in [7, 11) is 0. The van der Waals surface area contributed by atoms with Crippen LogP contribution in [0.1, 0.15) is 6.92 Å². The Hall–Kier alpha value is -2.07. The Balaban J connectivity index is 2.33. The number of anilines is 1. The van der Waals surface area contributed by atoms with E-state index in [0.717, 1.165) is 16.6 Å². The smallest absolute Gasteiger partial charge is 0.143 e. The molecule has 2 N–H and O–H groups in total. The number of aryl methyl sites for hydroxylation is 1. The first-order valence-electron chi connectivity index (χ1n) is 6.32. The predicted octanol–water partition coefficient (Wildman–Crippen LogP) is 4.10.